The highest BCUT2D eigenvalue weighted by molar-refractivity contribution is 6.26. The fourth-order valence-electron chi connectivity index (χ4n) is 6.31. The van der Waals surface area contributed by atoms with Crippen molar-refractivity contribution < 1.29 is 48.3 Å². The van der Waals surface area contributed by atoms with E-state index < -0.39 is 298 Å². The smallest absolute Gasteiger partial charge is 0.143 e. The maximum atomic E-state index is 10.2. The van der Waals surface area contributed by atoms with Crippen molar-refractivity contribution in [1.82, 2.24) is 0 Å². The summed E-state index contributed by atoms with van der Waals surface area (Å²) in [6.07, 6.45) is 0. The maximum absolute atomic E-state index is 10.2. The molecule has 0 amide bonds. The molecule has 2 heteroatoms. The minimum Gasteiger partial charge on any atom is -0.455 e. The summed E-state index contributed by atoms with van der Waals surface area (Å²) < 4.78 is 296. The first-order chi connectivity index (χ1) is 40.1. The molecule has 0 radical (unpaired) electrons. The largest absolute Gasteiger partial charge is 0.455 e. The maximum Gasteiger partial charge on any atom is 0.143 e. The van der Waals surface area contributed by atoms with Crippen molar-refractivity contribution in [3.63, 3.8) is 0 Å². The molecule has 10 aromatic carbocycles. The van der Waals surface area contributed by atoms with Crippen LogP contribution >= 0.6 is 0 Å². The molecule has 0 saturated carbocycles. The van der Waals surface area contributed by atoms with E-state index in [0.29, 0.717) is 4.90 Å². The normalized spacial score (nSPS) is 20.0. The van der Waals surface area contributed by atoms with Crippen LogP contribution < -0.4 is 4.90 Å². The third kappa shape index (κ3) is 4.81. The second-order valence-corrected chi connectivity index (χ2v) is 11.6. The number of nitrogens with zero attached hydrogens (tertiary/aromatic N) is 1. The number of furan rings is 1. The van der Waals surface area contributed by atoms with E-state index in [-0.39, 0.29) is 0 Å². The summed E-state index contributed by atoms with van der Waals surface area (Å²) in [7, 11) is 0. The van der Waals surface area contributed by atoms with Crippen LogP contribution in [-0.4, -0.2) is 0 Å². The number of fused-ring (bicyclic) bond motifs is 11. The Morgan fingerprint density at radius 3 is 1.50 bits per heavy atom. The van der Waals surface area contributed by atoms with Crippen LogP contribution in [0.2, 0.25) is 0 Å². The van der Waals surface area contributed by atoms with Crippen LogP contribution in [0.15, 0.2) is 204 Å². The predicted octanol–water partition coefficient (Wildman–Crippen LogP) is 15.0. The first-order valence-electron chi connectivity index (χ1n) is 31.9. The van der Waals surface area contributed by atoms with Crippen LogP contribution in [0.3, 0.4) is 0 Å². The van der Waals surface area contributed by atoms with Crippen LogP contribution in [0, 0.1) is 0 Å². The van der Waals surface area contributed by atoms with Crippen molar-refractivity contribution in [2.24, 2.45) is 0 Å². The molecule has 2 nitrogen and oxygen atoms in total. The standard InChI is InChI=1S/C52H33NO/c1-3-13-34(14-4-1)35-23-25-37(26-24-35)53(38-27-29-45-42-19-8-7-17-40(42)41-18-9-10-20-43(41)48(45)31-38)39-28-30-51-49(32-39)50-33-47(36-15-5-2-6-16-36)44-21-11-12-22-46(44)52(50)54-51/h1-33H/i1D,2D,3D,4D,5D,6D,7D,8D,9D,10D,11D,12D,13D,14D,15D,16D,17D,18D,19D,20D,21D,22D,23D,24D,25D,26D,27D,29D,30D,31D,32D,33D. The topological polar surface area (TPSA) is 16.4 Å². The average molecular weight is 720 g/mol. The molecule has 0 aliphatic carbocycles. The molecule has 0 spiro atoms. The molecule has 1 aromatic heterocycles. The summed E-state index contributed by atoms with van der Waals surface area (Å²) in [5.41, 5.74) is -7.51. The van der Waals surface area contributed by atoms with Gasteiger partial charge in [-0.3, -0.25) is 0 Å². The van der Waals surface area contributed by atoms with Crippen LogP contribution in [0.25, 0.3) is 87.3 Å². The molecule has 0 saturated heterocycles. The summed E-state index contributed by atoms with van der Waals surface area (Å²) >= 11 is 0. The second-order valence-electron chi connectivity index (χ2n) is 11.6. The van der Waals surface area contributed by atoms with Crippen molar-refractivity contribution in [2.75, 3.05) is 4.90 Å². The van der Waals surface area contributed by atoms with Gasteiger partial charge >= 0.3 is 0 Å². The Morgan fingerprint density at radius 1 is 0.333 bits per heavy atom. The van der Waals surface area contributed by atoms with Gasteiger partial charge in [0.15, 0.2) is 0 Å². The minimum atomic E-state index is -1.23. The molecule has 0 N–H and O–H groups in total. The van der Waals surface area contributed by atoms with Gasteiger partial charge < -0.3 is 9.32 Å². The van der Waals surface area contributed by atoms with Crippen molar-refractivity contribution in [3.8, 4) is 22.3 Å². The highest BCUT2D eigenvalue weighted by atomic mass is 16.3. The molecular weight excluding hydrogens is 655 g/mol. The van der Waals surface area contributed by atoms with E-state index in [1.165, 1.54) is 0 Å². The molecule has 0 fully saturated rings. The van der Waals surface area contributed by atoms with E-state index in [1.54, 1.807) is 0 Å². The number of anilines is 3. The Bertz CT molecular complexity index is 4960. The zero-order valence-corrected chi connectivity index (χ0v) is 26.9. The molecular formula is C52H33NO. The van der Waals surface area contributed by atoms with E-state index >= 15 is 0 Å². The highest BCUT2D eigenvalue weighted by Crippen LogP contribution is 2.45. The zero-order chi connectivity index (χ0) is 63.4. The Morgan fingerprint density at radius 2 is 0.833 bits per heavy atom. The summed E-state index contributed by atoms with van der Waals surface area (Å²) in [4.78, 5) is 0.503. The van der Waals surface area contributed by atoms with Gasteiger partial charge in [0.1, 0.15) is 11.2 Å². The minimum absolute atomic E-state index is 0.503. The number of hydrogen-bond acceptors (Lipinski definition) is 2. The Balaban J connectivity index is 1.41. The molecule has 252 valence electrons. The average Bonchev–Trinajstić information content (AvgIpc) is 1.07. The zero-order valence-electron chi connectivity index (χ0n) is 58.9. The van der Waals surface area contributed by atoms with Crippen molar-refractivity contribution in [3.05, 3.63) is 199 Å². The first kappa shape index (κ1) is 12.5. The lowest BCUT2D eigenvalue weighted by Crippen LogP contribution is -2.10. The van der Waals surface area contributed by atoms with Gasteiger partial charge in [-0.15, -0.1) is 0 Å². The molecule has 11 rings (SSSR count). The van der Waals surface area contributed by atoms with E-state index in [1.807, 2.05) is 0 Å². The first-order valence-corrected chi connectivity index (χ1v) is 15.9. The molecule has 0 aliphatic heterocycles. The summed E-state index contributed by atoms with van der Waals surface area (Å²) in [6, 6.07) is -30.4. The monoisotopic (exact) mass is 719 g/mol. The summed E-state index contributed by atoms with van der Waals surface area (Å²) in [5, 5.41) is -6.35. The van der Waals surface area contributed by atoms with Gasteiger partial charge in [-0.1, -0.05) is 151 Å². The SMILES string of the molecule is [2H]c1c([2H])c([2H])c(-c2c([2H])c([2H])c(N(c3cc([2H])c4oc5c6c([2H])c([2H])c([2H])c([2H])c6c(-c6c([2H])c([2H])c([2H])c([2H])c6[2H])c([2H])c5c4c3[2H])c3c([2H])c([2H])c4c5c([2H])c([2H])c([2H])c([2H])c5c5c([2H])c([2H])c([2H])c([2H])c5c4c3[2H])c([2H])c2[2H])c([2H])c1[2H]. The number of benzene rings is 10. The van der Waals surface area contributed by atoms with Gasteiger partial charge in [0.2, 0.25) is 0 Å². The summed E-state index contributed by atoms with van der Waals surface area (Å²) in [6.45, 7) is 0. The Labute approximate surface area is 357 Å². The molecule has 0 atom stereocenters. The third-order valence-electron chi connectivity index (χ3n) is 8.64. The molecule has 11 aromatic rings. The number of rotatable bonds is 5. The van der Waals surface area contributed by atoms with E-state index in [2.05, 4.69) is 0 Å². The quantitative estimate of drug-likeness (QED) is 0.165. The molecule has 0 aliphatic rings. The van der Waals surface area contributed by atoms with Gasteiger partial charge in [0, 0.05) is 33.2 Å². The van der Waals surface area contributed by atoms with E-state index in [9.17, 15) is 15.1 Å². The van der Waals surface area contributed by atoms with Crippen molar-refractivity contribution in [2.45, 2.75) is 0 Å². The predicted molar refractivity (Wildman–Crippen MR) is 229 cm³/mol. The van der Waals surface area contributed by atoms with E-state index in [0.717, 1.165) is 6.07 Å². The third-order valence-corrected chi connectivity index (χ3v) is 8.64. The van der Waals surface area contributed by atoms with Gasteiger partial charge in [-0.25, -0.2) is 0 Å². The van der Waals surface area contributed by atoms with Gasteiger partial charge in [0.25, 0.3) is 0 Å². The highest BCUT2D eigenvalue weighted by Gasteiger charge is 2.20. The lowest BCUT2D eigenvalue weighted by Gasteiger charge is -2.26. The number of hydrogen-bond donors (Lipinski definition) is 0. The van der Waals surface area contributed by atoms with Gasteiger partial charge in [0.05, 0.1) is 43.9 Å². The fraction of sp³-hybridized carbons (Fsp3) is 0. The Hall–Kier alpha value is -7.16. The van der Waals surface area contributed by atoms with Gasteiger partial charge in [-0.2, -0.15) is 0 Å². The lowest BCUT2D eigenvalue weighted by molar-refractivity contribution is 0.672. The van der Waals surface area contributed by atoms with E-state index in [4.69, 9.17) is 33.2 Å². The van der Waals surface area contributed by atoms with Crippen LogP contribution in [0.4, 0.5) is 17.1 Å². The molecule has 0 unspecified atom stereocenters. The second kappa shape index (κ2) is 12.2. The van der Waals surface area contributed by atoms with Gasteiger partial charge in [-0.05, 0) is 108 Å². The fourth-order valence-corrected chi connectivity index (χ4v) is 6.31. The van der Waals surface area contributed by atoms with Crippen molar-refractivity contribution >= 4 is 82.1 Å². The van der Waals surface area contributed by atoms with Crippen LogP contribution in [-0.2, 0) is 0 Å². The lowest BCUT2D eigenvalue weighted by atomic mass is 9.94. The Kier molecular flexibility index (Phi) is 2.82. The molecule has 54 heavy (non-hydrogen) atoms. The van der Waals surface area contributed by atoms with Crippen molar-refractivity contribution in [1.29, 1.82) is 0 Å². The summed E-state index contributed by atoms with van der Waals surface area (Å²) in [5.74, 6) is 0. The van der Waals surface area contributed by atoms with Crippen LogP contribution in [0.5, 0.6) is 0 Å². The van der Waals surface area contributed by atoms with Crippen LogP contribution in [0.1, 0.15) is 43.9 Å². The molecule has 0 bridgehead atoms. The molecule has 1 heterocycles.